The predicted octanol–water partition coefficient (Wildman–Crippen LogP) is 2.97. The zero-order chi connectivity index (χ0) is 20.5. The topological polar surface area (TPSA) is 133 Å². The molecule has 0 atom stereocenters. The Morgan fingerprint density at radius 3 is 2.33 bits per heavy atom. The molecule has 0 bridgehead atoms. The van der Waals surface area contributed by atoms with E-state index in [-0.39, 0.29) is 17.1 Å². The molecule has 0 fully saturated rings. The first kappa shape index (κ1) is 19.8. The molecule has 1 amide bonds. The zero-order valence-corrected chi connectivity index (χ0v) is 13.9. The summed E-state index contributed by atoms with van der Waals surface area (Å²) in [6.45, 7) is 2.13. The van der Waals surface area contributed by atoms with Crippen LogP contribution in [-0.2, 0) is 17.5 Å². The van der Waals surface area contributed by atoms with Gasteiger partial charge in [-0.1, -0.05) is 0 Å². The smallest absolute Gasteiger partial charge is 0.324 e. The van der Waals surface area contributed by atoms with Gasteiger partial charge in [0.15, 0.2) is 0 Å². The summed E-state index contributed by atoms with van der Waals surface area (Å²) < 4.78 is 40.3. The van der Waals surface area contributed by atoms with E-state index >= 15 is 0 Å². The minimum absolute atomic E-state index is 0.0524. The van der Waals surface area contributed by atoms with Crippen LogP contribution in [0.25, 0.3) is 0 Å². The second-order valence-electron chi connectivity index (χ2n) is 5.47. The molecule has 0 unspecified atom stereocenters. The lowest BCUT2D eigenvalue weighted by atomic mass is 10.1. The number of hydrogen-bond acceptors (Lipinski definition) is 6. The van der Waals surface area contributed by atoms with Crippen LogP contribution in [0.5, 0.6) is 0 Å². The Kier molecular flexibility index (Phi) is 5.14. The molecule has 1 N–H and O–H groups in total. The van der Waals surface area contributed by atoms with E-state index < -0.39 is 45.4 Å². The quantitative estimate of drug-likeness (QED) is 0.619. The maximum atomic E-state index is 13.1. The normalized spacial score (nSPS) is 11.3. The van der Waals surface area contributed by atoms with E-state index in [0.717, 1.165) is 16.8 Å². The molecule has 2 rings (SSSR count). The third-order valence-corrected chi connectivity index (χ3v) is 3.61. The van der Waals surface area contributed by atoms with Crippen molar-refractivity contribution in [2.75, 3.05) is 5.32 Å². The number of nitro benzene ring substituents is 1. The summed E-state index contributed by atoms with van der Waals surface area (Å²) in [7, 11) is 0. The third kappa shape index (κ3) is 4.19. The molecule has 0 saturated heterocycles. The molecule has 0 aliphatic carbocycles. The number of rotatable bonds is 5. The highest BCUT2D eigenvalue weighted by atomic mass is 19.4. The van der Waals surface area contributed by atoms with Gasteiger partial charge in [0.1, 0.15) is 17.9 Å². The van der Waals surface area contributed by atoms with Crippen molar-refractivity contribution in [2.24, 2.45) is 0 Å². The molecular formula is C14H12F3N5O5. The van der Waals surface area contributed by atoms with Gasteiger partial charge in [0.25, 0.3) is 5.69 Å². The fourth-order valence-corrected chi connectivity index (χ4v) is 2.42. The highest BCUT2D eigenvalue weighted by Gasteiger charge is 2.35. The molecule has 1 aromatic carbocycles. The number of non-ortho nitro benzene ring substituents is 1. The molecule has 10 nitrogen and oxygen atoms in total. The minimum Gasteiger partial charge on any atom is -0.324 e. The molecule has 0 spiro atoms. The summed E-state index contributed by atoms with van der Waals surface area (Å²) in [4.78, 5) is 32.0. The van der Waals surface area contributed by atoms with E-state index in [1.165, 1.54) is 13.8 Å². The van der Waals surface area contributed by atoms with Gasteiger partial charge in [-0.2, -0.15) is 18.3 Å². The van der Waals surface area contributed by atoms with E-state index in [0.29, 0.717) is 6.07 Å². The summed E-state index contributed by atoms with van der Waals surface area (Å²) in [5.41, 5.74) is -3.02. The van der Waals surface area contributed by atoms with Crippen LogP contribution in [0.4, 0.5) is 30.2 Å². The van der Waals surface area contributed by atoms with Crippen LogP contribution < -0.4 is 5.32 Å². The number of carbonyl (C=O) groups excluding carboxylic acids is 1. The first-order valence-electron chi connectivity index (χ1n) is 7.25. The number of aryl methyl sites for hydroxylation is 1. The highest BCUT2D eigenvalue weighted by Crippen LogP contribution is 2.37. The van der Waals surface area contributed by atoms with Gasteiger partial charge in [0.2, 0.25) is 5.91 Å². The van der Waals surface area contributed by atoms with Crippen LogP contribution >= 0.6 is 0 Å². The van der Waals surface area contributed by atoms with Gasteiger partial charge in [0, 0.05) is 12.1 Å². The Bertz CT molecular complexity index is 938. The number of benzene rings is 1. The van der Waals surface area contributed by atoms with Crippen LogP contribution in [0, 0.1) is 34.1 Å². The van der Waals surface area contributed by atoms with Crippen molar-refractivity contribution in [3.8, 4) is 0 Å². The Balaban J connectivity index is 2.30. The second kappa shape index (κ2) is 7.01. The first-order valence-corrected chi connectivity index (χ1v) is 7.25. The third-order valence-electron chi connectivity index (χ3n) is 3.61. The van der Waals surface area contributed by atoms with E-state index in [2.05, 4.69) is 5.10 Å². The highest BCUT2D eigenvalue weighted by molar-refractivity contribution is 5.91. The number of anilines is 1. The van der Waals surface area contributed by atoms with Crippen molar-refractivity contribution < 1.29 is 27.8 Å². The summed E-state index contributed by atoms with van der Waals surface area (Å²) in [5, 5.41) is 27.4. The van der Waals surface area contributed by atoms with Crippen molar-refractivity contribution >= 4 is 23.0 Å². The molecule has 13 heteroatoms. The molecule has 1 heterocycles. The second-order valence-corrected chi connectivity index (χ2v) is 5.47. The largest absolute Gasteiger partial charge is 0.418 e. The zero-order valence-electron chi connectivity index (χ0n) is 13.9. The summed E-state index contributed by atoms with van der Waals surface area (Å²) in [5.74, 6) is -0.935. The van der Waals surface area contributed by atoms with Gasteiger partial charge in [-0.3, -0.25) is 29.7 Å². The molecule has 0 saturated carbocycles. The molecule has 144 valence electrons. The SMILES string of the molecule is Cc1nn(CC(=O)Nc2ccc([N+](=O)[O-])cc2C(F)(F)F)c(C)c1[N+](=O)[O-]. The van der Waals surface area contributed by atoms with Crippen molar-refractivity contribution in [2.45, 2.75) is 26.6 Å². The summed E-state index contributed by atoms with van der Waals surface area (Å²) >= 11 is 0. The monoisotopic (exact) mass is 387 g/mol. The fourth-order valence-electron chi connectivity index (χ4n) is 2.42. The Labute approximate surface area is 148 Å². The Morgan fingerprint density at radius 2 is 1.85 bits per heavy atom. The molecule has 2 aromatic rings. The van der Waals surface area contributed by atoms with Crippen LogP contribution in [0.15, 0.2) is 18.2 Å². The fraction of sp³-hybridized carbons (Fsp3) is 0.286. The van der Waals surface area contributed by atoms with Gasteiger partial charge >= 0.3 is 11.9 Å². The van der Waals surface area contributed by atoms with Gasteiger partial charge in [-0.15, -0.1) is 0 Å². The number of nitrogens with one attached hydrogen (secondary N) is 1. The molecule has 27 heavy (non-hydrogen) atoms. The predicted molar refractivity (Wildman–Crippen MR) is 85.1 cm³/mol. The maximum Gasteiger partial charge on any atom is 0.418 e. The Morgan fingerprint density at radius 1 is 1.22 bits per heavy atom. The number of hydrogen-bond donors (Lipinski definition) is 1. The van der Waals surface area contributed by atoms with E-state index in [1.807, 2.05) is 5.32 Å². The number of aromatic nitrogens is 2. The number of nitrogens with zero attached hydrogens (tertiary/aromatic N) is 4. The maximum absolute atomic E-state index is 13.1. The number of halogens is 3. The molecule has 0 radical (unpaired) electrons. The van der Waals surface area contributed by atoms with Crippen LogP contribution in [0.3, 0.4) is 0 Å². The lowest BCUT2D eigenvalue weighted by Gasteiger charge is -2.13. The van der Waals surface area contributed by atoms with Gasteiger partial charge in [0.05, 0.1) is 21.1 Å². The minimum atomic E-state index is -4.94. The van der Waals surface area contributed by atoms with Gasteiger partial charge < -0.3 is 5.32 Å². The number of amides is 1. The first-order chi connectivity index (χ1) is 12.4. The molecule has 0 aliphatic heterocycles. The Hall–Kier alpha value is -3.51. The standard InChI is InChI=1S/C14H12F3N5O5/c1-7-13(22(26)27)8(2)20(19-7)6-12(23)18-11-4-3-9(21(24)25)5-10(11)14(15,16)17/h3-5H,6H2,1-2H3,(H,18,23). The number of carbonyl (C=O) groups is 1. The molecule has 0 aliphatic rings. The van der Waals surface area contributed by atoms with Crippen molar-refractivity contribution in [1.82, 2.24) is 9.78 Å². The average molecular weight is 387 g/mol. The number of nitro groups is 2. The molecule has 1 aromatic heterocycles. The van der Waals surface area contributed by atoms with Crippen molar-refractivity contribution in [3.63, 3.8) is 0 Å². The van der Waals surface area contributed by atoms with E-state index in [4.69, 9.17) is 0 Å². The average Bonchev–Trinajstić information content (AvgIpc) is 2.80. The van der Waals surface area contributed by atoms with Crippen molar-refractivity contribution in [3.05, 3.63) is 55.4 Å². The molecular weight excluding hydrogens is 375 g/mol. The summed E-state index contributed by atoms with van der Waals surface area (Å²) in [6, 6.07) is 1.89. The van der Waals surface area contributed by atoms with Gasteiger partial charge in [-0.25, -0.2) is 0 Å². The van der Waals surface area contributed by atoms with Gasteiger partial charge in [-0.05, 0) is 19.9 Å². The van der Waals surface area contributed by atoms with E-state index in [1.54, 1.807) is 0 Å². The lowest BCUT2D eigenvalue weighted by molar-refractivity contribution is -0.386. The van der Waals surface area contributed by atoms with Crippen LogP contribution in [-0.4, -0.2) is 25.5 Å². The van der Waals surface area contributed by atoms with Crippen LogP contribution in [0.2, 0.25) is 0 Å². The van der Waals surface area contributed by atoms with E-state index in [9.17, 15) is 38.2 Å². The van der Waals surface area contributed by atoms with Crippen molar-refractivity contribution in [1.29, 1.82) is 0 Å². The summed E-state index contributed by atoms with van der Waals surface area (Å²) in [6.07, 6.45) is -4.94. The van der Waals surface area contributed by atoms with Crippen LogP contribution in [0.1, 0.15) is 17.0 Å². The lowest BCUT2D eigenvalue weighted by Crippen LogP contribution is -2.22. The number of alkyl halides is 3.